The second-order valence-corrected chi connectivity index (χ2v) is 5.58. The van der Waals surface area contributed by atoms with Crippen LogP contribution in [0.4, 0.5) is 23.2 Å². The molecule has 6 heteroatoms. The highest BCUT2D eigenvalue weighted by molar-refractivity contribution is 6.08. The van der Waals surface area contributed by atoms with Crippen molar-refractivity contribution < 1.29 is 22.4 Å². The number of halogens is 4. The quantitative estimate of drug-likeness (QED) is 0.592. The van der Waals surface area contributed by atoms with E-state index < -0.39 is 23.5 Å². The predicted octanol–water partition coefficient (Wildman–Crippen LogP) is 5.76. The smallest absolute Gasteiger partial charge is 0.322 e. The van der Waals surface area contributed by atoms with E-state index in [-0.39, 0.29) is 0 Å². The second-order valence-electron chi connectivity index (χ2n) is 5.58. The van der Waals surface area contributed by atoms with E-state index >= 15 is 0 Å². The molecule has 3 aromatic rings. The van der Waals surface area contributed by atoms with Gasteiger partial charge in [0, 0.05) is 11.3 Å². The maximum absolute atomic E-state index is 13.0. The van der Waals surface area contributed by atoms with Crippen LogP contribution in [0.2, 0.25) is 0 Å². The van der Waals surface area contributed by atoms with Crippen molar-refractivity contribution in [1.29, 1.82) is 0 Å². The Bertz CT molecular complexity index is 916. The summed E-state index contributed by atoms with van der Waals surface area (Å²) in [4.78, 5) is 12.5. The van der Waals surface area contributed by atoms with Crippen molar-refractivity contribution in [3.63, 3.8) is 0 Å². The third-order valence-corrected chi connectivity index (χ3v) is 3.80. The maximum atomic E-state index is 13.0. The van der Waals surface area contributed by atoms with Gasteiger partial charge in [-0.15, -0.1) is 0 Å². The SMILES string of the molecule is O=C(Nc1ccc(F)cc1)c1ccccc1-c1ccc(C(F)(F)F)cc1. The summed E-state index contributed by atoms with van der Waals surface area (Å²) in [5.74, 6) is -0.861. The molecule has 0 radical (unpaired) electrons. The summed E-state index contributed by atoms with van der Waals surface area (Å²) < 4.78 is 51.1. The van der Waals surface area contributed by atoms with Crippen molar-refractivity contribution in [2.45, 2.75) is 6.18 Å². The first kappa shape index (κ1) is 17.7. The molecule has 0 saturated carbocycles. The molecule has 0 bridgehead atoms. The Morgan fingerprint density at radius 3 is 2.04 bits per heavy atom. The fraction of sp³-hybridized carbons (Fsp3) is 0.0500. The number of carbonyl (C=O) groups excluding carboxylic acids is 1. The van der Waals surface area contributed by atoms with Crippen LogP contribution in [-0.2, 0) is 6.18 Å². The molecule has 3 aromatic carbocycles. The van der Waals surface area contributed by atoms with E-state index in [0.717, 1.165) is 12.1 Å². The van der Waals surface area contributed by atoms with Gasteiger partial charge < -0.3 is 5.32 Å². The molecular weight excluding hydrogens is 346 g/mol. The number of nitrogens with one attached hydrogen (secondary N) is 1. The zero-order valence-corrected chi connectivity index (χ0v) is 13.3. The van der Waals surface area contributed by atoms with Gasteiger partial charge in [-0.25, -0.2) is 4.39 Å². The number of hydrogen-bond acceptors (Lipinski definition) is 1. The van der Waals surface area contributed by atoms with Crippen molar-refractivity contribution in [3.05, 3.63) is 89.7 Å². The summed E-state index contributed by atoms with van der Waals surface area (Å²) in [6, 6.07) is 16.5. The fourth-order valence-corrected chi connectivity index (χ4v) is 2.50. The van der Waals surface area contributed by atoms with Crippen molar-refractivity contribution in [2.24, 2.45) is 0 Å². The highest BCUT2D eigenvalue weighted by atomic mass is 19.4. The van der Waals surface area contributed by atoms with Crippen molar-refractivity contribution in [1.82, 2.24) is 0 Å². The van der Waals surface area contributed by atoms with E-state index in [2.05, 4.69) is 5.32 Å². The molecule has 2 nitrogen and oxygen atoms in total. The van der Waals surface area contributed by atoms with Crippen LogP contribution in [0.25, 0.3) is 11.1 Å². The van der Waals surface area contributed by atoms with E-state index in [0.29, 0.717) is 22.4 Å². The van der Waals surface area contributed by atoms with E-state index in [4.69, 9.17) is 0 Å². The van der Waals surface area contributed by atoms with Crippen LogP contribution in [0, 0.1) is 5.82 Å². The van der Waals surface area contributed by atoms with Crippen molar-refractivity contribution >= 4 is 11.6 Å². The summed E-state index contributed by atoms with van der Waals surface area (Å²) in [5.41, 5.74) is 0.952. The molecule has 0 atom stereocenters. The Morgan fingerprint density at radius 1 is 0.808 bits per heavy atom. The molecule has 0 fully saturated rings. The monoisotopic (exact) mass is 359 g/mol. The van der Waals surface area contributed by atoms with Crippen LogP contribution in [0.3, 0.4) is 0 Å². The predicted molar refractivity (Wildman–Crippen MR) is 91.2 cm³/mol. The summed E-state index contributed by atoms with van der Waals surface area (Å²) in [6.07, 6.45) is -4.42. The zero-order chi connectivity index (χ0) is 18.7. The van der Waals surface area contributed by atoms with Gasteiger partial charge in [0.1, 0.15) is 5.82 Å². The normalized spacial score (nSPS) is 11.2. The third-order valence-electron chi connectivity index (χ3n) is 3.80. The van der Waals surface area contributed by atoms with E-state index in [9.17, 15) is 22.4 Å². The second kappa shape index (κ2) is 7.00. The number of carbonyl (C=O) groups is 1. The summed E-state index contributed by atoms with van der Waals surface area (Å²) in [5, 5.41) is 2.65. The van der Waals surface area contributed by atoms with Crippen LogP contribution in [-0.4, -0.2) is 5.91 Å². The molecule has 0 aliphatic carbocycles. The molecule has 0 aliphatic rings. The van der Waals surface area contributed by atoms with Gasteiger partial charge in [0.15, 0.2) is 0 Å². The molecule has 26 heavy (non-hydrogen) atoms. The molecule has 1 amide bonds. The Balaban J connectivity index is 1.90. The fourth-order valence-electron chi connectivity index (χ4n) is 2.50. The first-order valence-corrected chi connectivity index (χ1v) is 7.68. The summed E-state index contributed by atoms with van der Waals surface area (Å²) >= 11 is 0. The molecule has 0 saturated heterocycles. The van der Waals surface area contributed by atoms with E-state index in [1.807, 2.05) is 0 Å². The molecule has 0 unspecified atom stereocenters. The zero-order valence-electron chi connectivity index (χ0n) is 13.3. The van der Waals surface area contributed by atoms with E-state index in [1.54, 1.807) is 24.3 Å². The lowest BCUT2D eigenvalue weighted by atomic mass is 9.98. The maximum Gasteiger partial charge on any atom is 0.416 e. The van der Waals surface area contributed by atoms with Gasteiger partial charge in [-0.3, -0.25) is 4.79 Å². The first-order chi connectivity index (χ1) is 12.3. The molecular formula is C20H13F4NO. The van der Waals surface area contributed by atoms with Gasteiger partial charge in [0.25, 0.3) is 5.91 Å². The van der Waals surface area contributed by atoms with Crippen LogP contribution < -0.4 is 5.32 Å². The first-order valence-electron chi connectivity index (χ1n) is 7.68. The van der Waals surface area contributed by atoms with Gasteiger partial charge in [-0.2, -0.15) is 13.2 Å². The van der Waals surface area contributed by atoms with Gasteiger partial charge >= 0.3 is 6.18 Å². The Labute approximate surface area is 147 Å². The lowest BCUT2D eigenvalue weighted by Gasteiger charge is -2.12. The molecule has 1 N–H and O–H groups in total. The molecule has 3 rings (SSSR count). The number of benzene rings is 3. The number of hydrogen-bond donors (Lipinski definition) is 1. The largest absolute Gasteiger partial charge is 0.416 e. The summed E-state index contributed by atoms with van der Waals surface area (Å²) in [6.45, 7) is 0. The standard InChI is InChI=1S/C20H13F4NO/c21-15-9-11-16(12-10-15)25-19(26)18-4-2-1-3-17(18)13-5-7-14(8-6-13)20(22,23)24/h1-12H,(H,25,26). The lowest BCUT2D eigenvalue weighted by molar-refractivity contribution is -0.137. The van der Waals surface area contributed by atoms with Crippen LogP contribution >= 0.6 is 0 Å². The van der Waals surface area contributed by atoms with Crippen molar-refractivity contribution in [3.8, 4) is 11.1 Å². The highest BCUT2D eigenvalue weighted by Gasteiger charge is 2.30. The Hall–Kier alpha value is -3.15. The minimum atomic E-state index is -4.42. The van der Waals surface area contributed by atoms with Crippen LogP contribution in [0.15, 0.2) is 72.8 Å². The molecule has 0 aromatic heterocycles. The Kier molecular flexibility index (Phi) is 4.75. The van der Waals surface area contributed by atoms with Crippen LogP contribution in [0.1, 0.15) is 15.9 Å². The topological polar surface area (TPSA) is 29.1 Å². The molecule has 0 spiro atoms. The Morgan fingerprint density at radius 2 is 1.42 bits per heavy atom. The third kappa shape index (κ3) is 3.91. The van der Waals surface area contributed by atoms with Gasteiger partial charge in [0.2, 0.25) is 0 Å². The number of anilines is 1. The minimum Gasteiger partial charge on any atom is -0.322 e. The minimum absolute atomic E-state index is 0.302. The molecule has 0 aliphatic heterocycles. The summed E-state index contributed by atoms with van der Waals surface area (Å²) in [7, 11) is 0. The molecule has 0 heterocycles. The van der Waals surface area contributed by atoms with Crippen LogP contribution in [0.5, 0.6) is 0 Å². The van der Waals surface area contributed by atoms with E-state index in [1.165, 1.54) is 36.4 Å². The number of amides is 1. The van der Waals surface area contributed by atoms with Gasteiger partial charge in [0.05, 0.1) is 5.56 Å². The molecule has 132 valence electrons. The lowest BCUT2D eigenvalue weighted by Crippen LogP contribution is -2.13. The highest BCUT2D eigenvalue weighted by Crippen LogP contribution is 2.32. The van der Waals surface area contributed by atoms with Gasteiger partial charge in [-0.05, 0) is 53.6 Å². The van der Waals surface area contributed by atoms with Gasteiger partial charge in [-0.1, -0.05) is 30.3 Å². The average Bonchev–Trinajstić information content (AvgIpc) is 2.63. The van der Waals surface area contributed by atoms with Crippen molar-refractivity contribution in [2.75, 3.05) is 5.32 Å². The average molecular weight is 359 g/mol. The number of rotatable bonds is 3. The number of alkyl halides is 3.